The molecule has 0 fully saturated rings. The first-order valence-corrected chi connectivity index (χ1v) is 7.50. The molecule has 0 amide bonds. The van der Waals surface area contributed by atoms with E-state index < -0.39 is 6.10 Å². The SMILES string of the molecule is CCc1ccc(C(O)c2cccc(Br)c2)cc1CC. The Morgan fingerprint density at radius 3 is 2.26 bits per heavy atom. The number of aryl methyl sites for hydroxylation is 2. The Kier molecular flexibility index (Phi) is 4.78. The quantitative estimate of drug-likeness (QED) is 0.869. The Morgan fingerprint density at radius 2 is 1.63 bits per heavy atom. The van der Waals surface area contributed by atoms with Crippen molar-refractivity contribution in [2.24, 2.45) is 0 Å². The van der Waals surface area contributed by atoms with Crippen molar-refractivity contribution in [3.8, 4) is 0 Å². The highest BCUT2D eigenvalue weighted by Crippen LogP contribution is 2.26. The predicted octanol–water partition coefficient (Wildman–Crippen LogP) is 4.66. The molecule has 0 spiro atoms. The number of halogens is 1. The molecule has 2 rings (SSSR count). The van der Waals surface area contributed by atoms with Crippen LogP contribution in [0.25, 0.3) is 0 Å². The lowest BCUT2D eigenvalue weighted by atomic mass is 9.95. The van der Waals surface area contributed by atoms with E-state index in [0.29, 0.717) is 0 Å². The van der Waals surface area contributed by atoms with Crippen LogP contribution in [0.3, 0.4) is 0 Å². The van der Waals surface area contributed by atoms with E-state index in [1.54, 1.807) is 0 Å². The first-order chi connectivity index (χ1) is 9.15. The van der Waals surface area contributed by atoms with Gasteiger partial charge in [0.1, 0.15) is 6.10 Å². The van der Waals surface area contributed by atoms with E-state index >= 15 is 0 Å². The number of benzene rings is 2. The summed E-state index contributed by atoms with van der Waals surface area (Å²) in [5.41, 5.74) is 4.58. The van der Waals surface area contributed by atoms with Crippen molar-refractivity contribution in [1.29, 1.82) is 0 Å². The third kappa shape index (κ3) is 3.26. The summed E-state index contributed by atoms with van der Waals surface area (Å²) < 4.78 is 0.991. The van der Waals surface area contributed by atoms with Crippen LogP contribution in [-0.2, 0) is 12.8 Å². The van der Waals surface area contributed by atoms with Crippen molar-refractivity contribution in [3.05, 3.63) is 69.2 Å². The molecular formula is C17H19BrO. The predicted molar refractivity (Wildman–Crippen MR) is 83.4 cm³/mol. The maximum absolute atomic E-state index is 10.5. The molecule has 0 aliphatic heterocycles. The standard InChI is InChI=1S/C17H19BrO/c1-3-12-8-9-15(10-13(12)4-2)17(19)14-6-5-7-16(18)11-14/h5-11,17,19H,3-4H2,1-2H3. The van der Waals surface area contributed by atoms with Gasteiger partial charge < -0.3 is 5.11 Å². The molecule has 1 N–H and O–H groups in total. The van der Waals surface area contributed by atoms with Gasteiger partial charge in [-0.15, -0.1) is 0 Å². The zero-order chi connectivity index (χ0) is 13.8. The van der Waals surface area contributed by atoms with Gasteiger partial charge in [-0.05, 0) is 47.2 Å². The van der Waals surface area contributed by atoms with Crippen molar-refractivity contribution in [3.63, 3.8) is 0 Å². The number of hydrogen-bond donors (Lipinski definition) is 1. The van der Waals surface area contributed by atoms with E-state index in [9.17, 15) is 5.11 Å². The average Bonchev–Trinajstić information content (AvgIpc) is 2.45. The molecule has 2 aromatic rings. The van der Waals surface area contributed by atoms with Crippen LogP contribution < -0.4 is 0 Å². The first-order valence-electron chi connectivity index (χ1n) is 6.71. The lowest BCUT2D eigenvalue weighted by Gasteiger charge is -2.15. The number of hydrogen-bond acceptors (Lipinski definition) is 1. The zero-order valence-corrected chi connectivity index (χ0v) is 12.9. The number of aliphatic hydroxyl groups is 1. The second-order valence-corrected chi connectivity index (χ2v) is 5.61. The summed E-state index contributed by atoms with van der Waals surface area (Å²) >= 11 is 3.44. The molecule has 1 nitrogen and oxygen atoms in total. The largest absolute Gasteiger partial charge is 0.384 e. The lowest BCUT2D eigenvalue weighted by molar-refractivity contribution is 0.220. The fraction of sp³-hybridized carbons (Fsp3) is 0.294. The third-order valence-electron chi connectivity index (χ3n) is 3.47. The van der Waals surface area contributed by atoms with Crippen LogP contribution in [0, 0.1) is 0 Å². The molecule has 0 bridgehead atoms. The van der Waals surface area contributed by atoms with Gasteiger partial charge in [0, 0.05) is 4.47 Å². The van der Waals surface area contributed by atoms with Crippen molar-refractivity contribution in [2.75, 3.05) is 0 Å². The maximum Gasteiger partial charge on any atom is 0.104 e. The number of aliphatic hydroxyl groups excluding tert-OH is 1. The van der Waals surface area contributed by atoms with E-state index in [2.05, 4.69) is 41.9 Å². The van der Waals surface area contributed by atoms with Gasteiger partial charge in [-0.2, -0.15) is 0 Å². The van der Waals surface area contributed by atoms with Crippen LogP contribution in [0.4, 0.5) is 0 Å². The number of rotatable bonds is 4. The van der Waals surface area contributed by atoms with Gasteiger partial charge in [0.05, 0.1) is 0 Å². The van der Waals surface area contributed by atoms with Gasteiger partial charge in [0.15, 0.2) is 0 Å². The molecule has 0 aliphatic carbocycles. The average molecular weight is 319 g/mol. The van der Waals surface area contributed by atoms with E-state index in [4.69, 9.17) is 0 Å². The van der Waals surface area contributed by atoms with Crippen molar-refractivity contribution < 1.29 is 5.11 Å². The molecule has 19 heavy (non-hydrogen) atoms. The molecule has 2 heteroatoms. The Bertz CT molecular complexity index is 563. The lowest BCUT2D eigenvalue weighted by Crippen LogP contribution is -2.02. The molecule has 1 unspecified atom stereocenters. The van der Waals surface area contributed by atoms with Crippen LogP contribution in [0.1, 0.15) is 42.2 Å². The van der Waals surface area contributed by atoms with Crippen LogP contribution in [0.2, 0.25) is 0 Å². The van der Waals surface area contributed by atoms with Crippen LogP contribution in [0.15, 0.2) is 46.9 Å². The van der Waals surface area contributed by atoms with Gasteiger partial charge in [-0.1, -0.05) is 60.1 Å². The molecule has 100 valence electrons. The summed E-state index contributed by atoms with van der Waals surface area (Å²) in [6.07, 6.45) is 1.48. The summed E-state index contributed by atoms with van der Waals surface area (Å²) in [7, 11) is 0. The molecule has 0 saturated heterocycles. The molecule has 0 aliphatic rings. The summed E-state index contributed by atoms with van der Waals surface area (Å²) in [4.78, 5) is 0. The minimum atomic E-state index is -0.561. The van der Waals surface area contributed by atoms with Crippen molar-refractivity contribution in [2.45, 2.75) is 32.8 Å². The Balaban J connectivity index is 2.36. The van der Waals surface area contributed by atoms with Crippen LogP contribution in [-0.4, -0.2) is 5.11 Å². The molecular weight excluding hydrogens is 300 g/mol. The van der Waals surface area contributed by atoms with Gasteiger partial charge in [0.25, 0.3) is 0 Å². The highest BCUT2D eigenvalue weighted by atomic mass is 79.9. The Labute approximate surface area is 123 Å². The molecule has 0 radical (unpaired) electrons. The summed E-state index contributed by atoms with van der Waals surface area (Å²) in [5.74, 6) is 0. The smallest absolute Gasteiger partial charge is 0.104 e. The summed E-state index contributed by atoms with van der Waals surface area (Å²) in [5, 5.41) is 10.5. The zero-order valence-electron chi connectivity index (χ0n) is 11.4. The maximum atomic E-state index is 10.5. The first kappa shape index (κ1) is 14.3. The fourth-order valence-corrected chi connectivity index (χ4v) is 2.78. The Morgan fingerprint density at radius 1 is 0.947 bits per heavy atom. The normalized spacial score (nSPS) is 12.4. The third-order valence-corrected chi connectivity index (χ3v) is 3.97. The van der Waals surface area contributed by atoms with Gasteiger partial charge >= 0.3 is 0 Å². The Hall–Kier alpha value is -1.12. The summed E-state index contributed by atoms with van der Waals surface area (Å²) in [6, 6.07) is 14.1. The van der Waals surface area contributed by atoms with Crippen molar-refractivity contribution >= 4 is 15.9 Å². The minimum Gasteiger partial charge on any atom is -0.384 e. The van der Waals surface area contributed by atoms with E-state index in [-0.39, 0.29) is 0 Å². The highest BCUT2D eigenvalue weighted by molar-refractivity contribution is 9.10. The fourth-order valence-electron chi connectivity index (χ4n) is 2.36. The molecule has 0 aromatic heterocycles. The van der Waals surface area contributed by atoms with Crippen LogP contribution in [0.5, 0.6) is 0 Å². The van der Waals surface area contributed by atoms with Crippen molar-refractivity contribution in [1.82, 2.24) is 0 Å². The van der Waals surface area contributed by atoms with Gasteiger partial charge in [0.2, 0.25) is 0 Å². The van der Waals surface area contributed by atoms with E-state index in [0.717, 1.165) is 28.4 Å². The monoisotopic (exact) mass is 318 g/mol. The second-order valence-electron chi connectivity index (χ2n) is 4.69. The second kappa shape index (κ2) is 6.36. The molecule has 0 saturated carbocycles. The summed E-state index contributed by atoms with van der Waals surface area (Å²) in [6.45, 7) is 4.32. The molecule has 2 aromatic carbocycles. The minimum absolute atomic E-state index is 0.561. The topological polar surface area (TPSA) is 20.2 Å². The van der Waals surface area contributed by atoms with Gasteiger partial charge in [-0.25, -0.2) is 0 Å². The van der Waals surface area contributed by atoms with Gasteiger partial charge in [-0.3, -0.25) is 0 Å². The molecule has 1 atom stereocenters. The van der Waals surface area contributed by atoms with E-state index in [1.165, 1.54) is 11.1 Å². The van der Waals surface area contributed by atoms with E-state index in [1.807, 2.05) is 30.3 Å². The molecule has 0 heterocycles. The van der Waals surface area contributed by atoms with Crippen LogP contribution >= 0.6 is 15.9 Å². The highest BCUT2D eigenvalue weighted by Gasteiger charge is 2.12.